The van der Waals surface area contributed by atoms with Crippen molar-refractivity contribution in [2.75, 3.05) is 0 Å². The van der Waals surface area contributed by atoms with Crippen LogP contribution in [0.25, 0.3) is 0 Å². The molecule has 134 valence electrons. The summed E-state index contributed by atoms with van der Waals surface area (Å²) in [7, 11) is 0. The molecule has 0 saturated heterocycles. The van der Waals surface area contributed by atoms with E-state index in [1.807, 2.05) is 0 Å². The average molecular weight is 358 g/mol. The van der Waals surface area contributed by atoms with Gasteiger partial charge in [0.15, 0.2) is 0 Å². The van der Waals surface area contributed by atoms with E-state index in [4.69, 9.17) is 0 Å². The van der Waals surface area contributed by atoms with E-state index in [0.29, 0.717) is 11.3 Å². The molecule has 26 heavy (non-hydrogen) atoms. The monoisotopic (exact) mass is 358 g/mol. The van der Waals surface area contributed by atoms with Crippen molar-refractivity contribution in [1.29, 1.82) is 0 Å². The number of hydrogen-bond donors (Lipinski definition) is 2. The molecule has 0 unspecified atom stereocenters. The quantitative estimate of drug-likeness (QED) is 0.460. The lowest BCUT2D eigenvalue weighted by Gasteiger charge is -2.05. The third-order valence-electron chi connectivity index (χ3n) is 3.47. The third kappa shape index (κ3) is 4.38. The molecule has 0 fully saturated rings. The number of nitrogens with one attached hydrogen (secondary N) is 1. The lowest BCUT2D eigenvalue weighted by Crippen LogP contribution is -2.21. The molecule has 0 radical (unpaired) electrons. The number of nitro benzene ring substituents is 2. The van der Waals surface area contributed by atoms with Crippen LogP contribution in [-0.2, 0) is 11.2 Å². The molecular formula is C16H14N4O6. The number of carbonyl (C=O) groups is 1. The third-order valence-corrected chi connectivity index (χ3v) is 3.47. The smallest absolute Gasteiger partial charge is 0.279 e. The van der Waals surface area contributed by atoms with Gasteiger partial charge in [-0.25, -0.2) is 5.43 Å². The Bertz CT molecular complexity index is 909. The molecule has 0 heterocycles. The minimum atomic E-state index is -0.786. The van der Waals surface area contributed by atoms with Gasteiger partial charge in [-0.2, -0.15) is 5.10 Å². The second-order valence-electron chi connectivity index (χ2n) is 5.25. The van der Waals surface area contributed by atoms with Crippen LogP contribution in [0.3, 0.4) is 0 Å². The molecule has 0 aliphatic rings. The van der Waals surface area contributed by atoms with Gasteiger partial charge in [0.1, 0.15) is 5.75 Å². The van der Waals surface area contributed by atoms with Crippen molar-refractivity contribution < 1.29 is 19.7 Å². The summed E-state index contributed by atoms with van der Waals surface area (Å²) >= 11 is 0. The lowest BCUT2D eigenvalue weighted by atomic mass is 10.1. The normalized spacial score (nSPS) is 11.0. The van der Waals surface area contributed by atoms with Crippen LogP contribution in [-0.4, -0.2) is 26.6 Å². The van der Waals surface area contributed by atoms with Crippen molar-refractivity contribution in [2.24, 2.45) is 5.10 Å². The van der Waals surface area contributed by atoms with Crippen molar-refractivity contribution in [3.63, 3.8) is 0 Å². The number of phenolic OH excluding ortho intramolecular Hbond substituents is 1. The predicted molar refractivity (Wildman–Crippen MR) is 91.9 cm³/mol. The fourth-order valence-corrected chi connectivity index (χ4v) is 2.18. The van der Waals surface area contributed by atoms with E-state index in [-0.39, 0.29) is 17.7 Å². The Morgan fingerprint density at radius 1 is 1.15 bits per heavy atom. The Hall–Kier alpha value is -3.82. The molecular weight excluding hydrogens is 344 g/mol. The Morgan fingerprint density at radius 3 is 2.46 bits per heavy atom. The Kier molecular flexibility index (Phi) is 5.58. The Balaban J connectivity index is 2.15. The van der Waals surface area contributed by atoms with E-state index in [1.54, 1.807) is 25.1 Å². The molecule has 0 spiro atoms. The molecule has 0 bridgehead atoms. The van der Waals surface area contributed by atoms with Gasteiger partial charge in [-0.1, -0.05) is 12.1 Å². The highest BCUT2D eigenvalue weighted by Crippen LogP contribution is 2.25. The van der Waals surface area contributed by atoms with Crippen molar-refractivity contribution in [3.05, 3.63) is 73.8 Å². The number of nitro groups is 2. The van der Waals surface area contributed by atoms with Gasteiger partial charge in [0.25, 0.3) is 11.4 Å². The first-order chi connectivity index (χ1) is 12.3. The number of benzene rings is 2. The van der Waals surface area contributed by atoms with Crippen molar-refractivity contribution in [1.82, 2.24) is 5.43 Å². The topological polar surface area (TPSA) is 148 Å². The van der Waals surface area contributed by atoms with E-state index in [9.17, 15) is 30.1 Å². The standard InChI is InChI=1S/C16H14N4O6/c1-10(13-4-2-3-5-15(13)21)17-18-16(22)8-11-6-7-12(19(23)24)9-14(11)20(25)26/h2-7,9,21H,8H2,1H3,(H,18,22)/b17-10-. The summed E-state index contributed by atoms with van der Waals surface area (Å²) in [6.07, 6.45) is -0.383. The summed E-state index contributed by atoms with van der Waals surface area (Å²) in [5.74, 6) is -0.647. The Labute approximate surface area is 147 Å². The van der Waals surface area contributed by atoms with Gasteiger partial charge >= 0.3 is 0 Å². The number of hydrazone groups is 1. The molecule has 0 aliphatic heterocycles. The molecule has 10 nitrogen and oxygen atoms in total. The molecule has 0 aliphatic carbocycles. The summed E-state index contributed by atoms with van der Waals surface area (Å²) in [5.41, 5.74) is 2.08. The molecule has 2 rings (SSSR count). The number of para-hydroxylation sites is 1. The molecule has 2 N–H and O–H groups in total. The fourth-order valence-electron chi connectivity index (χ4n) is 2.18. The van der Waals surface area contributed by atoms with Crippen LogP contribution in [0.2, 0.25) is 0 Å². The second kappa shape index (κ2) is 7.83. The van der Waals surface area contributed by atoms with Gasteiger partial charge in [0, 0.05) is 17.2 Å². The maximum atomic E-state index is 12.0. The first-order valence-corrected chi connectivity index (χ1v) is 7.32. The summed E-state index contributed by atoms with van der Waals surface area (Å²) in [6.45, 7) is 1.57. The fraction of sp³-hybridized carbons (Fsp3) is 0.125. The average Bonchev–Trinajstić information content (AvgIpc) is 2.60. The van der Waals surface area contributed by atoms with Crippen molar-refractivity contribution >= 4 is 23.0 Å². The number of phenols is 1. The molecule has 1 amide bonds. The predicted octanol–water partition coefficient (Wildman–Crippen LogP) is 2.29. The van der Waals surface area contributed by atoms with Crippen LogP contribution < -0.4 is 5.43 Å². The first kappa shape index (κ1) is 18.5. The van der Waals surface area contributed by atoms with Crippen LogP contribution >= 0.6 is 0 Å². The summed E-state index contributed by atoms with van der Waals surface area (Å²) < 4.78 is 0. The lowest BCUT2D eigenvalue weighted by molar-refractivity contribution is -0.394. The summed E-state index contributed by atoms with van der Waals surface area (Å²) in [6, 6.07) is 9.47. The largest absolute Gasteiger partial charge is 0.507 e. The maximum Gasteiger partial charge on any atom is 0.279 e. The van der Waals surface area contributed by atoms with Gasteiger partial charge in [0.05, 0.1) is 28.0 Å². The highest BCUT2D eigenvalue weighted by molar-refractivity contribution is 6.01. The van der Waals surface area contributed by atoms with E-state index in [2.05, 4.69) is 10.5 Å². The number of rotatable bonds is 6. The van der Waals surface area contributed by atoms with Gasteiger partial charge in [0.2, 0.25) is 5.91 Å². The number of amides is 1. The van der Waals surface area contributed by atoms with Gasteiger partial charge in [-0.3, -0.25) is 25.0 Å². The minimum Gasteiger partial charge on any atom is -0.507 e. The van der Waals surface area contributed by atoms with Crippen molar-refractivity contribution in [3.8, 4) is 5.75 Å². The molecule has 2 aromatic carbocycles. The summed E-state index contributed by atoms with van der Waals surface area (Å²) in [4.78, 5) is 32.2. The zero-order chi connectivity index (χ0) is 19.3. The van der Waals surface area contributed by atoms with E-state index in [0.717, 1.165) is 18.2 Å². The molecule has 2 aromatic rings. The maximum absolute atomic E-state index is 12.0. The van der Waals surface area contributed by atoms with Crippen LogP contribution in [0.1, 0.15) is 18.1 Å². The van der Waals surface area contributed by atoms with Crippen LogP contribution in [0.15, 0.2) is 47.6 Å². The first-order valence-electron chi connectivity index (χ1n) is 7.32. The van der Waals surface area contributed by atoms with E-state index >= 15 is 0 Å². The zero-order valence-corrected chi connectivity index (χ0v) is 13.6. The molecule has 0 aromatic heterocycles. The van der Waals surface area contributed by atoms with Gasteiger partial charge in [-0.05, 0) is 25.1 Å². The van der Waals surface area contributed by atoms with Gasteiger partial charge < -0.3 is 5.11 Å². The van der Waals surface area contributed by atoms with Crippen molar-refractivity contribution in [2.45, 2.75) is 13.3 Å². The number of nitrogens with zero attached hydrogens (tertiary/aromatic N) is 3. The van der Waals surface area contributed by atoms with Gasteiger partial charge in [-0.15, -0.1) is 0 Å². The van der Waals surface area contributed by atoms with E-state index in [1.165, 1.54) is 6.07 Å². The number of carbonyl (C=O) groups excluding carboxylic acids is 1. The number of non-ortho nitro benzene ring substituents is 1. The number of aromatic hydroxyl groups is 1. The minimum absolute atomic E-state index is 0.00555. The van der Waals surface area contributed by atoms with Crippen LogP contribution in [0.5, 0.6) is 5.75 Å². The zero-order valence-electron chi connectivity index (χ0n) is 13.6. The SMILES string of the molecule is C/C(=N/NC(=O)Cc1ccc([N+](=O)[O-])cc1[N+](=O)[O-])c1ccccc1O. The number of hydrogen-bond acceptors (Lipinski definition) is 7. The van der Waals surface area contributed by atoms with Crippen LogP contribution in [0.4, 0.5) is 11.4 Å². The highest BCUT2D eigenvalue weighted by atomic mass is 16.6. The van der Waals surface area contributed by atoms with Crippen LogP contribution in [0, 0.1) is 20.2 Å². The summed E-state index contributed by atoms with van der Waals surface area (Å²) in [5, 5.41) is 35.4. The van der Waals surface area contributed by atoms with E-state index < -0.39 is 27.1 Å². The molecule has 0 saturated carbocycles. The molecule has 10 heteroatoms. The highest BCUT2D eigenvalue weighted by Gasteiger charge is 2.21. The molecule has 0 atom stereocenters. The Morgan fingerprint density at radius 2 is 1.85 bits per heavy atom. The second-order valence-corrected chi connectivity index (χ2v) is 5.25.